The summed E-state index contributed by atoms with van der Waals surface area (Å²) in [4.78, 5) is 26.3. The van der Waals surface area contributed by atoms with Crippen LogP contribution in [0.15, 0.2) is 54.6 Å². The lowest BCUT2D eigenvalue weighted by Gasteiger charge is -2.22. The van der Waals surface area contributed by atoms with E-state index in [1.54, 1.807) is 36.2 Å². The van der Waals surface area contributed by atoms with Gasteiger partial charge in [0.15, 0.2) is 0 Å². The largest absolute Gasteiger partial charge is 0.325 e. The molecular weight excluding hydrogens is 338 g/mol. The van der Waals surface area contributed by atoms with E-state index in [1.807, 2.05) is 30.3 Å². The minimum atomic E-state index is -0.0851. The number of rotatable bonds is 6. The van der Waals surface area contributed by atoms with Crippen LogP contribution in [-0.4, -0.2) is 31.4 Å². The van der Waals surface area contributed by atoms with E-state index < -0.39 is 0 Å². The van der Waals surface area contributed by atoms with Crippen LogP contribution in [-0.2, 0) is 4.79 Å². The summed E-state index contributed by atoms with van der Waals surface area (Å²) in [5, 5.41) is 6.21. The summed E-state index contributed by atoms with van der Waals surface area (Å²) in [6, 6.07) is 17.0. The topological polar surface area (TPSA) is 61.4 Å². The first kappa shape index (κ1) is 19.1. The van der Waals surface area contributed by atoms with Gasteiger partial charge in [0, 0.05) is 30.0 Å². The summed E-state index contributed by atoms with van der Waals surface area (Å²) in [6.07, 6.45) is 6.09. The van der Waals surface area contributed by atoms with E-state index in [4.69, 9.17) is 0 Å². The molecule has 0 radical (unpaired) electrons. The minimum Gasteiger partial charge on any atom is -0.325 e. The summed E-state index contributed by atoms with van der Waals surface area (Å²) in [5.41, 5.74) is 2.12. The van der Waals surface area contributed by atoms with Crippen LogP contribution in [0, 0.1) is 0 Å². The van der Waals surface area contributed by atoms with Gasteiger partial charge in [0.25, 0.3) is 5.91 Å². The highest BCUT2D eigenvalue weighted by Gasteiger charge is 2.15. The Hall–Kier alpha value is -2.66. The zero-order valence-corrected chi connectivity index (χ0v) is 15.8. The van der Waals surface area contributed by atoms with Crippen LogP contribution in [0.1, 0.15) is 42.5 Å². The number of hydrogen-bond acceptors (Lipinski definition) is 3. The SMILES string of the molecule is CN(C(=O)c1ccc(NC(=O)CNC2CCCCC2)cc1)c1ccccc1. The van der Waals surface area contributed by atoms with E-state index in [9.17, 15) is 9.59 Å². The van der Waals surface area contributed by atoms with Gasteiger partial charge in [0.1, 0.15) is 0 Å². The quantitative estimate of drug-likeness (QED) is 0.818. The normalized spacial score (nSPS) is 14.6. The number of nitrogens with zero attached hydrogens (tertiary/aromatic N) is 1. The second kappa shape index (κ2) is 9.33. The summed E-state index contributed by atoms with van der Waals surface area (Å²) in [5.74, 6) is -0.140. The van der Waals surface area contributed by atoms with Crippen molar-refractivity contribution < 1.29 is 9.59 Å². The van der Waals surface area contributed by atoms with Crippen LogP contribution in [0.5, 0.6) is 0 Å². The van der Waals surface area contributed by atoms with Crippen molar-refractivity contribution in [3.05, 3.63) is 60.2 Å². The maximum atomic E-state index is 12.6. The minimum absolute atomic E-state index is 0.0546. The van der Waals surface area contributed by atoms with E-state index in [1.165, 1.54) is 19.3 Å². The lowest BCUT2D eigenvalue weighted by molar-refractivity contribution is -0.115. The van der Waals surface area contributed by atoms with Crippen LogP contribution in [0.4, 0.5) is 11.4 Å². The van der Waals surface area contributed by atoms with E-state index in [2.05, 4.69) is 10.6 Å². The molecule has 1 saturated carbocycles. The predicted molar refractivity (Wildman–Crippen MR) is 109 cm³/mol. The van der Waals surface area contributed by atoms with Gasteiger partial charge < -0.3 is 15.5 Å². The lowest BCUT2D eigenvalue weighted by Crippen LogP contribution is -2.37. The van der Waals surface area contributed by atoms with Crippen molar-refractivity contribution in [3.63, 3.8) is 0 Å². The molecule has 2 aromatic carbocycles. The molecule has 1 aliphatic rings. The van der Waals surface area contributed by atoms with Gasteiger partial charge in [-0.25, -0.2) is 0 Å². The van der Waals surface area contributed by atoms with Gasteiger partial charge in [-0.15, -0.1) is 0 Å². The number of para-hydroxylation sites is 1. The highest BCUT2D eigenvalue weighted by atomic mass is 16.2. The van der Waals surface area contributed by atoms with Crippen LogP contribution in [0.2, 0.25) is 0 Å². The van der Waals surface area contributed by atoms with Crippen molar-refractivity contribution in [2.45, 2.75) is 38.1 Å². The number of anilines is 2. The smallest absolute Gasteiger partial charge is 0.258 e. The summed E-state index contributed by atoms with van der Waals surface area (Å²) in [7, 11) is 1.75. The number of carbonyl (C=O) groups is 2. The van der Waals surface area contributed by atoms with Crippen molar-refractivity contribution in [2.75, 3.05) is 23.8 Å². The summed E-state index contributed by atoms with van der Waals surface area (Å²) < 4.78 is 0. The number of benzene rings is 2. The van der Waals surface area contributed by atoms with Crippen LogP contribution in [0.3, 0.4) is 0 Å². The Kier molecular flexibility index (Phi) is 6.60. The number of carbonyl (C=O) groups excluding carboxylic acids is 2. The molecule has 142 valence electrons. The van der Waals surface area contributed by atoms with Crippen molar-refractivity contribution in [1.29, 1.82) is 0 Å². The lowest BCUT2D eigenvalue weighted by atomic mass is 9.95. The van der Waals surface area contributed by atoms with E-state index >= 15 is 0 Å². The predicted octanol–water partition coefficient (Wildman–Crippen LogP) is 3.82. The van der Waals surface area contributed by atoms with Gasteiger partial charge in [-0.05, 0) is 49.2 Å². The van der Waals surface area contributed by atoms with Gasteiger partial charge in [-0.3, -0.25) is 9.59 Å². The summed E-state index contributed by atoms with van der Waals surface area (Å²) in [6.45, 7) is 0.322. The average Bonchev–Trinajstić information content (AvgIpc) is 2.73. The molecule has 2 aromatic rings. The first-order chi connectivity index (χ1) is 13.1. The van der Waals surface area contributed by atoms with E-state index in [0.717, 1.165) is 18.5 Å². The van der Waals surface area contributed by atoms with Gasteiger partial charge in [0.05, 0.1) is 6.54 Å². The second-order valence-corrected chi connectivity index (χ2v) is 7.04. The fourth-order valence-electron chi connectivity index (χ4n) is 3.41. The second-order valence-electron chi connectivity index (χ2n) is 7.04. The molecule has 3 rings (SSSR count). The Morgan fingerprint density at radius 2 is 1.63 bits per heavy atom. The standard InChI is InChI=1S/C22H27N3O2/c1-25(20-10-6-3-7-11-20)22(27)17-12-14-19(15-13-17)24-21(26)16-23-18-8-4-2-5-9-18/h3,6-7,10-15,18,23H,2,4-5,8-9,16H2,1H3,(H,24,26). The third-order valence-corrected chi connectivity index (χ3v) is 5.02. The Bertz CT molecular complexity index is 753. The van der Waals surface area contributed by atoms with Gasteiger partial charge in [-0.1, -0.05) is 37.5 Å². The van der Waals surface area contributed by atoms with E-state index in [-0.39, 0.29) is 11.8 Å². The van der Waals surface area contributed by atoms with Crippen molar-refractivity contribution in [1.82, 2.24) is 5.32 Å². The molecule has 0 unspecified atom stereocenters. The van der Waals surface area contributed by atoms with Crippen molar-refractivity contribution >= 4 is 23.2 Å². The average molecular weight is 365 g/mol. The first-order valence-corrected chi connectivity index (χ1v) is 9.60. The zero-order valence-electron chi connectivity index (χ0n) is 15.8. The molecular formula is C22H27N3O2. The maximum absolute atomic E-state index is 12.6. The Balaban J connectivity index is 1.52. The van der Waals surface area contributed by atoms with Crippen molar-refractivity contribution in [3.8, 4) is 0 Å². The van der Waals surface area contributed by atoms with Crippen LogP contribution >= 0.6 is 0 Å². The molecule has 0 saturated heterocycles. The number of amides is 2. The van der Waals surface area contributed by atoms with Crippen LogP contribution < -0.4 is 15.5 Å². The number of hydrogen-bond donors (Lipinski definition) is 2. The zero-order chi connectivity index (χ0) is 19.1. The Morgan fingerprint density at radius 3 is 2.30 bits per heavy atom. The third-order valence-electron chi connectivity index (χ3n) is 5.02. The Labute approximate surface area is 160 Å². The van der Waals surface area contributed by atoms with E-state index in [0.29, 0.717) is 23.8 Å². The molecule has 1 aliphatic carbocycles. The molecule has 1 fully saturated rings. The molecule has 0 bridgehead atoms. The molecule has 27 heavy (non-hydrogen) atoms. The summed E-state index contributed by atoms with van der Waals surface area (Å²) >= 11 is 0. The fraction of sp³-hybridized carbons (Fsp3) is 0.364. The molecule has 5 heteroatoms. The molecule has 0 atom stereocenters. The number of nitrogens with one attached hydrogen (secondary N) is 2. The monoisotopic (exact) mass is 365 g/mol. The van der Waals surface area contributed by atoms with Crippen LogP contribution in [0.25, 0.3) is 0 Å². The molecule has 0 aromatic heterocycles. The molecule has 0 aliphatic heterocycles. The first-order valence-electron chi connectivity index (χ1n) is 9.60. The highest BCUT2D eigenvalue weighted by molar-refractivity contribution is 6.06. The molecule has 0 spiro atoms. The maximum Gasteiger partial charge on any atom is 0.258 e. The Morgan fingerprint density at radius 1 is 0.963 bits per heavy atom. The molecule has 5 nitrogen and oxygen atoms in total. The highest BCUT2D eigenvalue weighted by Crippen LogP contribution is 2.18. The molecule has 2 amide bonds. The molecule has 0 heterocycles. The fourth-order valence-corrected chi connectivity index (χ4v) is 3.41. The molecule has 2 N–H and O–H groups in total. The van der Waals surface area contributed by atoms with Gasteiger partial charge >= 0.3 is 0 Å². The van der Waals surface area contributed by atoms with Gasteiger partial charge in [0.2, 0.25) is 5.91 Å². The van der Waals surface area contributed by atoms with Crippen molar-refractivity contribution in [2.24, 2.45) is 0 Å². The van der Waals surface area contributed by atoms with Gasteiger partial charge in [-0.2, -0.15) is 0 Å². The third kappa shape index (κ3) is 5.41.